The summed E-state index contributed by atoms with van der Waals surface area (Å²) in [6, 6.07) is 7.90. The van der Waals surface area contributed by atoms with E-state index in [2.05, 4.69) is 46.7 Å². The van der Waals surface area contributed by atoms with Crippen molar-refractivity contribution < 1.29 is 9.47 Å². The summed E-state index contributed by atoms with van der Waals surface area (Å²) in [4.78, 5) is 4.83. The third-order valence-electron chi connectivity index (χ3n) is 4.43. The van der Waals surface area contributed by atoms with Crippen LogP contribution in [0.4, 0.5) is 0 Å². The molecule has 0 saturated carbocycles. The first-order valence-electron chi connectivity index (χ1n) is 9.15. The number of rotatable bonds is 8. The van der Waals surface area contributed by atoms with Crippen molar-refractivity contribution in [3.8, 4) is 5.75 Å². The van der Waals surface area contributed by atoms with Gasteiger partial charge < -0.3 is 20.1 Å². The lowest BCUT2D eigenvalue weighted by Crippen LogP contribution is -2.43. The lowest BCUT2D eigenvalue weighted by molar-refractivity contribution is 0.0794. The highest BCUT2D eigenvalue weighted by Gasteiger charge is 2.31. The van der Waals surface area contributed by atoms with Crippen LogP contribution in [0.15, 0.2) is 33.7 Å². The van der Waals surface area contributed by atoms with Crippen molar-refractivity contribution >= 4 is 57.6 Å². The first-order chi connectivity index (χ1) is 12.6. The highest BCUT2D eigenvalue weighted by molar-refractivity contribution is 14.0. The van der Waals surface area contributed by atoms with Gasteiger partial charge in [0.1, 0.15) is 11.9 Å². The molecule has 1 unspecified atom stereocenters. The monoisotopic (exact) mass is 571 g/mol. The van der Waals surface area contributed by atoms with Crippen LogP contribution in [0.5, 0.6) is 5.75 Å². The minimum atomic E-state index is 0. The Morgan fingerprint density at radius 3 is 2.67 bits per heavy atom. The SMILES string of the molecule is CCNC(=NCC1(SC)CCOCC1)NCC(C)Oc1ccccc1Br.I. The van der Waals surface area contributed by atoms with Crippen LogP contribution in [0.1, 0.15) is 26.7 Å². The van der Waals surface area contributed by atoms with E-state index in [-0.39, 0.29) is 34.8 Å². The fourth-order valence-electron chi connectivity index (χ4n) is 2.77. The molecule has 8 heteroatoms. The average Bonchev–Trinajstić information content (AvgIpc) is 2.66. The van der Waals surface area contributed by atoms with Gasteiger partial charge in [-0.25, -0.2) is 0 Å². The number of thioether (sulfide) groups is 1. The van der Waals surface area contributed by atoms with Crippen LogP contribution in [0.3, 0.4) is 0 Å². The molecule has 0 spiro atoms. The highest BCUT2D eigenvalue weighted by Crippen LogP contribution is 2.34. The van der Waals surface area contributed by atoms with Crippen molar-refractivity contribution in [3.63, 3.8) is 0 Å². The summed E-state index contributed by atoms with van der Waals surface area (Å²) in [5.41, 5.74) is 0. The maximum Gasteiger partial charge on any atom is 0.191 e. The quantitative estimate of drug-likeness (QED) is 0.277. The normalized spacial score (nSPS) is 17.6. The van der Waals surface area contributed by atoms with Crippen LogP contribution in [-0.2, 0) is 4.74 Å². The van der Waals surface area contributed by atoms with E-state index in [4.69, 9.17) is 14.5 Å². The molecule has 0 aromatic heterocycles. The first-order valence-corrected chi connectivity index (χ1v) is 11.2. The van der Waals surface area contributed by atoms with Gasteiger partial charge in [-0.15, -0.1) is 24.0 Å². The summed E-state index contributed by atoms with van der Waals surface area (Å²) in [6.07, 6.45) is 4.31. The largest absolute Gasteiger partial charge is 0.488 e. The molecule has 0 radical (unpaired) electrons. The number of para-hydroxylation sites is 1. The zero-order chi connectivity index (χ0) is 18.8. The Morgan fingerprint density at radius 1 is 1.33 bits per heavy atom. The number of halogens is 2. The first kappa shape index (κ1) is 24.8. The topological polar surface area (TPSA) is 54.9 Å². The lowest BCUT2D eigenvalue weighted by atomic mass is 9.99. The summed E-state index contributed by atoms with van der Waals surface area (Å²) >= 11 is 5.43. The van der Waals surface area contributed by atoms with Crippen LogP contribution in [0.25, 0.3) is 0 Å². The second-order valence-electron chi connectivity index (χ2n) is 6.43. The Morgan fingerprint density at radius 2 is 2.04 bits per heavy atom. The van der Waals surface area contributed by atoms with E-state index in [1.165, 1.54) is 0 Å². The van der Waals surface area contributed by atoms with Gasteiger partial charge in [-0.05, 0) is 61.0 Å². The second-order valence-corrected chi connectivity index (χ2v) is 8.56. The second kappa shape index (κ2) is 13.1. The molecular formula is C19H31BrIN3O2S. The minimum absolute atomic E-state index is 0. The van der Waals surface area contributed by atoms with Crippen molar-refractivity contribution in [2.75, 3.05) is 39.1 Å². The smallest absolute Gasteiger partial charge is 0.191 e. The van der Waals surface area contributed by atoms with E-state index in [1.54, 1.807) is 0 Å². The molecular weight excluding hydrogens is 541 g/mol. The van der Waals surface area contributed by atoms with Crippen molar-refractivity contribution in [1.82, 2.24) is 10.6 Å². The molecule has 1 aliphatic rings. The van der Waals surface area contributed by atoms with E-state index in [0.29, 0.717) is 6.54 Å². The standard InChI is InChI=1S/C19H30BrN3O2S.HI/c1-4-21-18(23-14-19(26-3)9-11-24-12-10-19)22-13-15(2)25-17-8-6-5-7-16(17)20;/h5-8,15H,4,9-14H2,1-3H3,(H2,21,22,23);1H. The van der Waals surface area contributed by atoms with Crippen molar-refractivity contribution in [3.05, 3.63) is 28.7 Å². The van der Waals surface area contributed by atoms with Gasteiger partial charge in [0, 0.05) is 24.5 Å². The number of benzene rings is 1. The van der Waals surface area contributed by atoms with E-state index in [1.807, 2.05) is 36.0 Å². The molecule has 2 rings (SSSR count). The van der Waals surface area contributed by atoms with Gasteiger partial charge in [0.2, 0.25) is 0 Å². The van der Waals surface area contributed by atoms with Crippen molar-refractivity contribution in [1.29, 1.82) is 0 Å². The zero-order valence-electron chi connectivity index (χ0n) is 16.3. The Kier molecular flexibility index (Phi) is 12.1. The summed E-state index contributed by atoms with van der Waals surface area (Å²) in [7, 11) is 0. The molecule has 154 valence electrons. The van der Waals surface area contributed by atoms with Gasteiger partial charge in [0.15, 0.2) is 5.96 Å². The maximum absolute atomic E-state index is 6.00. The summed E-state index contributed by atoms with van der Waals surface area (Å²) in [6.45, 7) is 8.11. The predicted molar refractivity (Wildman–Crippen MR) is 130 cm³/mol. The summed E-state index contributed by atoms with van der Waals surface area (Å²) < 4.78 is 12.7. The number of nitrogens with zero attached hydrogens (tertiary/aromatic N) is 1. The Labute approximate surface area is 193 Å². The van der Waals surface area contributed by atoms with Crippen LogP contribution in [-0.4, -0.2) is 55.9 Å². The summed E-state index contributed by atoms with van der Waals surface area (Å²) in [5, 5.41) is 6.73. The van der Waals surface area contributed by atoms with E-state index >= 15 is 0 Å². The fraction of sp³-hybridized carbons (Fsp3) is 0.632. The van der Waals surface area contributed by atoms with Gasteiger partial charge in [-0.3, -0.25) is 4.99 Å². The number of hydrogen-bond acceptors (Lipinski definition) is 4. The lowest BCUT2D eigenvalue weighted by Gasteiger charge is -2.34. The molecule has 1 heterocycles. The highest BCUT2D eigenvalue weighted by atomic mass is 127. The number of ether oxygens (including phenoxy) is 2. The van der Waals surface area contributed by atoms with Crippen LogP contribution < -0.4 is 15.4 Å². The molecule has 1 atom stereocenters. The molecule has 1 aliphatic heterocycles. The maximum atomic E-state index is 6.00. The molecule has 0 bridgehead atoms. The van der Waals surface area contributed by atoms with E-state index in [0.717, 1.165) is 55.3 Å². The zero-order valence-corrected chi connectivity index (χ0v) is 21.0. The average molecular weight is 572 g/mol. The predicted octanol–water partition coefficient (Wildman–Crippen LogP) is 4.30. The Hall–Kier alpha value is -0.190. The fourth-order valence-corrected chi connectivity index (χ4v) is 3.92. The molecule has 1 aromatic carbocycles. The molecule has 0 amide bonds. The van der Waals surface area contributed by atoms with Gasteiger partial charge in [0.25, 0.3) is 0 Å². The molecule has 1 saturated heterocycles. The third-order valence-corrected chi connectivity index (χ3v) is 6.49. The van der Waals surface area contributed by atoms with Crippen LogP contribution in [0.2, 0.25) is 0 Å². The Bertz CT molecular complexity index is 586. The minimum Gasteiger partial charge on any atom is -0.488 e. The number of aliphatic imine (C=N–C) groups is 1. The molecule has 0 aliphatic carbocycles. The summed E-state index contributed by atoms with van der Waals surface area (Å²) in [5.74, 6) is 1.70. The van der Waals surface area contributed by atoms with Gasteiger partial charge in [0.05, 0.1) is 17.6 Å². The van der Waals surface area contributed by atoms with E-state index in [9.17, 15) is 0 Å². The van der Waals surface area contributed by atoms with Gasteiger partial charge in [-0.1, -0.05) is 12.1 Å². The molecule has 2 N–H and O–H groups in total. The number of guanidine groups is 1. The van der Waals surface area contributed by atoms with Gasteiger partial charge in [-0.2, -0.15) is 11.8 Å². The van der Waals surface area contributed by atoms with Crippen molar-refractivity contribution in [2.45, 2.75) is 37.5 Å². The van der Waals surface area contributed by atoms with Crippen molar-refractivity contribution in [2.24, 2.45) is 4.99 Å². The third kappa shape index (κ3) is 8.37. The van der Waals surface area contributed by atoms with Crippen LogP contribution >= 0.6 is 51.7 Å². The molecule has 27 heavy (non-hydrogen) atoms. The number of nitrogens with one attached hydrogen (secondary N) is 2. The van der Waals surface area contributed by atoms with Gasteiger partial charge >= 0.3 is 0 Å². The van der Waals surface area contributed by atoms with E-state index < -0.39 is 0 Å². The van der Waals surface area contributed by atoms with Crippen LogP contribution in [0, 0.1) is 0 Å². The molecule has 1 aromatic rings. The molecule has 5 nitrogen and oxygen atoms in total. The number of hydrogen-bond donors (Lipinski definition) is 2. The molecule has 1 fully saturated rings. The Balaban J connectivity index is 0.00000364.